The maximum atomic E-state index is 11.5. The molecular formula is C26H31Cl2N7O2. The largest absolute Gasteiger partial charge is 0.481 e. The number of aliphatic carboxylic acids is 1. The van der Waals surface area contributed by atoms with Gasteiger partial charge in [-0.3, -0.25) is 4.79 Å². The van der Waals surface area contributed by atoms with E-state index < -0.39 is 11.4 Å². The van der Waals surface area contributed by atoms with Crippen LogP contribution in [0.1, 0.15) is 51.1 Å². The molecule has 0 unspecified atom stereocenters. The zero-order valence-electron chi connectivity index (χ0n) is 21.0. The summed E-state index contributed by atoms with van der Waals surface area (Å²) in [4.78, 5) is 16.3. The van der Waals surface area contributed by atoms with Crippen LogP contribution in [0.15, 0.2) is 24.3 Å². The summed E-state index contributed by atoms with van der Waals surface area (Å²) in [5, 5.41) is 28.0. The third-order valence-electron chi connectivity index (χ3n) is 8.80. The lowest BCUT2D eigenvalue weighted by Crippen LogP contribution is -2.58. The number of halogens is 2. The van der Waals surface area contributed by atoms with Gasteiger partial charge in [0.1, 0.15) is 5.52 Å². The second kappa shape index (κ2) is 9.36. The van der Waals surface area contributed by atoms with Gasteiger partial charge in [0.2, 0.25) is 5.65 Å². The highest BCUT2D eigenvalue weighted by atomic mass is 35.5. The van der Waals surface area contributed by atoms with Gasteiger partial charge in [0.05, 0.1) is 11.5 Å². The lowest BCUT2D eigenvalue weighted by atomic mass is 9.65. The molecule has 3 aromatic rings. The number of anilines is 1. The molecule has 4 heterocycles. The molecule has 2 atom stereocenters. The third kappa shape index (κ3) is 4.45. The summed E-state index contributed by atoms with van der Waals surface area (Å²) >= 11 is 12.5. The van der Waals surface area contributed by atoms with E-state index in [1.165, 1.54) is 12.8 Å². The van der Waals surface area contributed by atoms with Crippen LogP contribution in [-0.4, -0.2) is 73.4 Å². The average Bonchev–Trinajstić information content (AvgIpc) is 3.24. The van der Waals surface area contributed by atoms with Crippen LogP contribution in [0.4, 0.5) is 5.82 Å². The molecule has 2 saturated heterocycles. The molecule has 9 nitrogen and oxygen atoms in total. The standard InChI is InChI=1S/C26H31Cl2N7O2/c1-15(20-6-5-18(27)8-21(20)28)35-22-9-23(29-30-24(22)31-32-35)34-13-17(14-34)16-4-3-7-33(12-16)19-10-26(2,11-19)25(36)37/h5-6,8-9,15-17,19H,3-4,7,10-14H2,1-2H3,(H,36,37)/t15-,16+,19?,26?/m1/s1. The lowest BCUT2D eigenvalue weighted by Gasteiger charge is -2.52. The Kier molecular flexibility index (Phi) is 6.28. The Morgan fingerprint density at radius 3 is 2.62 bits per heavy atom. The fourth-order valence-electron chi connectivity index (χ4n) is 6.32. The molecule has 1 aliphatic carbocycles. The highest BCUT2D eigenvalue weighted by Gasteiger charge is 2.49. The number of carbonyl (C=O) groups is 1. The zero-order chi connectivity index (χ0) is 25.9. The van der Waals surface area contributed by atoms with E-state index in [4.69, 9.17) is 23.2 Å². The van der Waals surface area contributed by atoms with Crippen molar-refractivity contribution in [1.82, 2.24) is 30.1 Å². The molecule has 1 saturated carbocycles. The lowest BCUT2D eigenvalue weighted by molar-refractivity contribution is -0.158. The highest BCUT2D eigenvalue weighted by Crippen LogP contribution is 2.45. The minimum atomic E-state index is -0.660. The molecule has 3 fully saturated rings. The van der Waals surface area contributed by atoms with Crippen molar-refractivity contribution in [3.63, 3.8) is 0 Å². The number of piperidine rings is 1. The molecule has 2 aromatic heterocycles. The SMILES string of the molecule is C[C@H](c1ccc(Cl)cc1Cl)n1nnc2nnc(N3CC([C@H]4CCCN(C5CC(C)(C(=O)O)C5)C4)C3)cc21. The summed E-state index contributed by atoms with van der Waals surface area (Å²) in [7, 11) is 0. The van der Waals surface area contributed by atoms with Gasteiger partial charge >= 0.3 is 5.97 Å². The molecule has 196 valence electrons. The van der Waals surface area contributed by atoms with Crippen LogP contribution < -0.4 is 4.90 Å². The Balaban J connectivity index is 1.11. The first-order chi connectivity index (χ1) is 17.7. The topological polar surface area (TPSA) is 100 Å². The van der Waals surface area contributed by atoms with Gasteiger partial charge in [0.25, 0.3) is 0 Å². The Bertz CT molecular complexity index is 1340. The van der Waals surface area contributed by atoms with Crippen molar-refractivity contribution >= 4 is 46.2 Å². The smallest absolute Gasteiger partial charge is 0.309 e. The van der Waals surface area contributed by atoms with Crippen molar-refractivity contribution in [2.24, 2.45) is 17.3 Å². The number of carboxylic acids is 1. The first-order valence-corrected chi connectivity index (χ1v) is 13.7. The van der Waals surface area contributed by atoms with Gasteiger partial charge in [0, 0.05) is 41.8 Å². The van der Waals surface area contributed by atoms with Crippen LogP contribution in [0.5, 0.6) is 0 Å². The summed E-state index contributed by atoms with van der Waals surface area (Å²) < 4.78 is 1.84. The Hall–Kier alpha value is -2.49. The number of rotatable bonds is 6. The van der Waals surface area contributed by atoms with E-state index in [1.54, 1.807) is 6.07 Å². The monoisotopic (exact) mass is 543 g/mol. The molecule has 0 bridgehead atoms. The molecule has 0 spiro atoms. The quantitative estimate of drug-likeness (QED) is 0.483. The van der Waals surface area contributed by atoms with E-state index in [0.29, 0.717) is 33.6 Å². The number of aromatic nitrogens is 5. The second-order valence-electron chi connectivity index (χ2n) is 11.3. The van der Waals surface area contributed by atoms with E-state index in [1.807, 2.05) is 36.7 Å². The number of likely N-dealkylation sites (tertiary alicyclic amines) is 1. The summed E-state index contributed by atoms with van der Waals surface area (Å²) in [5.41, 5.74) is 1.70. The molecule has 3 aliphatic rings. The van der Waals surface area contributed by atoms with Gasteiger partial charge in [-0.15, -0.1) is 15.3 Å². The molecule has 11 heteroatoms. The highest BCUT2D eigenvalue weighted by molar-refractivity contribution is 6.35. The van der Waals surface area contributed by atoms with E-state index in [0.717, 1.165) is 55.9 Å². The van der Waals surface area contributed by atoms with Crippen molar-refractivity contribution in [3.8, 4) is 0 Å². The molecule has 0 radical (unpaired) electrons. The molecule has 1 N–H and O–H groups in total. The molecule has 0 amide bonds. The second-order valence-corrected chi connectivity index (χ2v) is 12.1. The fourth-order valence-corrected chi connectivity index (χ4v) is 6.89. The van der Waals surface area contributed by atoms with Gasteiger partial charge in [-0.2, -0.15) is 0 Å². The number of hydrogen-bond donors (Lipinski definition) is 1. The maximum Gasteiger partial charge on any atom is 0.309 e. The third-order valence-corrected chi connectivity index (χ3v) is 9.36. The van der Waals surface area contributed by atoms with Gasteiger partial charge in [0.15, 0.2) is 5.82 Å². The van der Waals surface area contributed by atoms with E-state index in [2.05, 4.69) is 30.3 Å². The van der Waals surface area contributed by atoms with Crippen LogP contribution in [0.2, 0.25) is 10.0 Å². The Labute approximate surface area is 225 Å². The number of hydrogen-bond acceptors (Lipinski definition) is 7. The van der Waals surface area contributed by atoms with Gasteiger partial charge < -0.3 is 14.9 Å². The van der Waals surface area contributed by atoms with Crippen molar-refractivity contribution in [2.45, 2.75) is 51.6 Å². The number of nitrogens with zero attached hydrogens (tertiary/aromatic N) is 7. The normalized spacial score (nSPS) is 27.6. The minimum Gasteiger partial charge on any atom is -0.481 e. The predicted molar refractivity (Wildman–Crippen MR) is 142 cm³/mol. The summed E-state index contributed by atoms with van der Waals surface area (Å²) in [5.74, 6) is 1.43. The minimum absolute atomic E-state index is 0.140. The van der Waals surface area contributed by atoms with Crippen molar-refractivity contribution in [1.29, 1.82) is 0 Å². The molecular weight excluding hydrogens is 513 g/mol. The molecule has 37 heavy (non-hydrogen) atoms. The van der Waals surface area contributed by atoms with Crippen LogP contribution in [0, 0.1) is 17.3 Å². The van der Waals surface area contributed by atoms with E-state index >= 15 is 0 Å². The Morgan fingerprint density at radius 1 is 1.11 bits per heavy atom. The molecule has 2 aliphatic heterocycles. The maximum absolute atomic E-state index is 11.5. The summed E-state index contributed by atoms with van der Waals surface area (Å²) in [6, 6.07) is 7.77. The number of carboxylic acid groups (broad SMARTS) is 1. The number of fused-ring (bicyclic) bond motifs is 1. The van der Waals surface area contributed by atoms with Crippen LogP contribution in [0.3, 0.4) is 0 Å². The van der Waals surface area contributed by atoms with E-state index in [-0.39, 0.29) is 6.04 Å². The van der Waals surface area contributed by atoms with Gasteiger partial charge in [-0.05, 0) is 75.6 Å². The van der Waals surface area contributed by atoms with Crippen LogP contribution >= 0.6 is 23.2 Å². The summed E-state index contributed by atoms with van der Waals surface area (Å²) in [6.07, 6.45) is 3.95. The predicted octanol–water partition coefficient (Wildman–Crippen LogP) is 4.54. The first-order valence-electron chi connectivity index (χ1n) is 13.0. The summed E-state index contributed by atoms with van der Waals surface area (Å²) in [6.45, 7) is 7.97. The van der Waals surface area contributed by atoms with E-state index in [9.17, 15) is 9.90 Å². The van der Waals surface area contributed by atoms with Crippen molar-refractivity contribution < 1.29 is 9.90 Å². The first kappa shape index (κ1) is 24.8. The average molecular weight is 544 g/mol. The Morgan fingerprint density at radius 2 is 1.89 bits per heavy atom. The zero-order valence-corrected chi connectivity index (χ0v) is 22.5. The van der Waals surface area contributed by atoms with Crippen LogP contribution in [0.25, 0.3) is 11.2 Å². The van der Waals surface area contributed by atoms with Gasteiger partial charge in [-0.25, -0.2) is 4.68 Å². The van der Waals surface area contributed by atoms with Gasteiger partial charge in [-0.1, -0.05) is 34.5 Å². The van der Waals surface area contributed by atoms with Crippen molar-refractivity contribution in [3.05, 3.63) is 39.9 Å². The molecule has 1 aromatic carbocycles. The van der Waals surface area contributed by atoms with Crippen LogP contribution in [-0.2, 0) is 4.79 Å². The molecule has 6 rings (SSSR count). The number of benzene rings is 1. The van der Waals surface area contributed by atoms with Crippen molar-refractivity contribution in [2.75, 3.05) is 31.1 Å². The fraction of sp³-hybridized carbons (Fsp3) is 0.577.